The molecule has 1 aromatic carbocycles. The van der Waals surface area contributed by atoms with Gasteiger partial charge in [0.05, 0.1) is 23.8 Å². The highest BCUT2D eigenvalue weighted by Crippen LogP contribution is 2.36. The molecule has 5 rings (SSSR count). The van der Waals surface area contributed by atoms with E-state index in [1.165, 1.54) is 23.2 Å². The number of thiophene rings is 1. The first-order valence-electron chi connectivity index (χ1n) is 11.6. The molecule has 1 aliphatic rings. The van der Waals surface area contributed by atoms with Crippen LogP contribution in [0.2, 0.25) is 0 Å². The topological polar surface area (TPSA) is 63.2 Å². The zero-order valence-corrected chi connectivity index (χ0v) is 22.7. The van der Waals surface area contributed by atoms with Gasteiger partial charge in [-0.15, -0.1) is 23.7 Å². The van der Waals surface area contributed by atoms with Crippen LogP contribution in [0.3, 0.4) is 0 Å². The Balaban J connectivity index is 0.00000320. The summed E-state index contributed by atoms with van der Waals surface area (Å²) >= 11 is 2.61. The zero-order valence-electron chi connectivity index (χ0n) is 20.3. The molecule has 2 unspecified atom stereocenters. The first-order valence-corrected chi connectivity index (χ1v) is 13.3. The molecule has 1 aliphatic carbocycles. The number of anilines is 1. The maximum atomic E-state index is 12.9. The SMILES string of the molecule is COc1ncc(-c2ccc(CNC3CCC(N(C)c4ncnc5sc(CC(F)(F)F)cc45)C3)cc2)s1.Cl. The lowest BCUT2D eigenvalue weighted by Gasteiger charge is -2.26. The van der Waals surface area contributed by atoms with E-state index in [0.717, 1.165) is 47.6 Å². The third kappa shape index (κ3) is 6.51. The van der Waals surface area contributed by atoms with Crippen molar-refractivity contribution in [3.63, 3.8) is 0 Å². The summed E-state index contributed by atoms with van der Waals surface area (Å²) < 4.78 is 43.8. The summed E-state index contributed by atoms with van der Waals surface area (Å²) in [5.41, 5.74) is 2.32. The predicted octanol–water partition coefficient (Wildman–Crippen LogP) is 6.50. The molecular weight excluding hydrogens is 543 g/mol. The van der Waals surface area contributed by atoms with Gasteiger partial charge in [-0.1, -0.05) is 35.6 Å². The Labute approximate surface area is 227 Å². The van der Waals surface area contributed by atoms with Gasteiger partial charge in [-0.05, 0) is 36.5 Å². The molecule has 0 aliphatic heterocycles. The molecule has 3 heterocycles. The molecule has 1 saturated carbocycles. The predicted molar refractivity (Wildman–Crippen MR) is 145 cm³/mol. The van der Waals surface area contributed by atoms with Gasteiger partial charge < -0.3 is 15.0 Å². The van der Waals surface area contributed by atoms with Crippen LogP contribution in [0.4, 0.5) is 19.0 Å². The third-order valence-electron chi connectivity index (χ3n) is 6.51. The van der Waals surface area contributed by atoms with Crippen molar-refractivity contribution < 1.29 is 17.9 Å². The Morgan fingerprint density at radius 1 is 1.11 bits per heavy atom. The highest BCUT2D eigenvalue weighted by atomic mass is 35.5. The van der Waals surface area contributed by atoms with Crippen molar-refractivity contribution in [3.05, 3.63) is 53.3 Å². The first kappa shape index (κ1) is 27.6. The summed E-state index contributed by atoms with van der Waals surface area (Å²) in [6.07, 6.45) is 1.06. The van der Waals surface area contributed by atoms with Crippen LogP contribution in [-0.4, -0.2) is 47.4 Å². The quantitative estimate of drug-likeness (QED) is 0.261. The van der Waals surface area contributed by atoms with Gasteiger partial charge in [-0.3, -0.25) is 0 Å². The summed E-state index contributed by atoms with van der Waals surface area (Å²) in [5.74, 6) is 0.700. The molecule has 1 fully saturated rings. The van der Waals surface area contributed by atoms with Gasteiger partial charge in [0.2, 0.25) is 0 Å². The molecule has 3 aromatic heterocycles. The van der Waals surface area contributed by atoms with Crippen molar-refractivity contribution in [2.24, 2.45) is 0 Å². The summed E-state index contributed by atoms with van der Waals surface area (Å²) in [6, 6.07) is 10.7. The standard InChI is InChI=1S/C25H26F3N5OS2.ClH/c1-33(22-20-10-19(11-25(26,27)28)35-23(20)32-14-31-22)18-8-7-17(9-18)29-12-15-3-5-16(6-4-15)21-13-30-24(34-2)36-21;/h3-6,10,13-14,17-18,29H,7-9,11-12H2,1-2H3;1H. The minimum Gasteiger partial charge on any atom is -0.473 e. The molecule has 1 N–H and O–H groups in total. The van der Waals surface area contributed by atoms with E-state index in [-0.39, 0.29) is 23.3 Å². The Bertz CT molecular complexity index is 1330. The molecule has 4 aromatic rings. The molecule has 2 atom stereocenters. The summed E-state index contributed by atoms with van der Waals surface area (Å²) in [7, 11) is 3.59. The molecule has 0 bridgehead atoms. The van der Waals surface area contributed by atoms with Crippen LogP contribution in [-0.2, 0) is 13.0 Å². The molecule has 12 heteroatoms. The Morgan fingerprint density at radius 2 is 1.89 bits per heavy atom. The molecule has 198 valence electrons. The second-order valence-corrected chi connectivity index (χ2v) is 11.1. The maximum absolute atomic E-state index is 12.9. The van der Waals surface area contributed by atoms with Crippen molar-refractivity contribution in [2.45, 2.75) is 50.5 Å². The molecule has 0 saturated heterocycles. The lowest BCUT2D eigenvalue weighted by atomic mass is 10.1. The smallest absolute Gasteiger partial charge is 0.393 e. The number of hydrogen-bond acceptors (Lipinski definition) is 8. The summed E-state index contributed by atoms with van der Waals surface area (Å²) in [5, 5.41) is 5.01. The van der Waals surface area contributed by atoms with Gasteiger partial charge in [0.1, 0.15) is 17.0 Å². The van der Waals surface area contributed by atoms with Crippen LogP contribution < -0.4 is 15.0 Å². The number of aromatic nitrogens is 3. The number of rotatable bonds is 8. The molecule has 0 amide bonds. The highest BCUT2D eigenvalue weighted by Gasteiger charge is 2.31. The molecule has 37 heavy (non-hydrogen) atoms. The minimum atomic E-state index is -4.24. The summed E-state index contributed by atoms with van der Waals surface area (Å²) in [6.45, 7) is 0.774. The van der Waals surface area contributed by atoms with Gasteiger partial charge in [-0.2, -0.15) is 13.2 Å². The van der Waals surface area contributed by atoms with Crippen molar-refractivity contribution in [3.8, 4) is 15.6 Å². The van der Waals surface area contributed by atoms with Crippen molar-refractivity contribution in [1.29, 1.82) is 0 Å². The Kier molecular flexibility index (Phi) is 8.57. The van der Waals surface area contributed by atoms with Gasteiger partial charge in [-0.25, -0.2) is 15.0 Å². The van der Waals surface area contributed by atoms with Gasteiger partial charge in [0, 0.05) is 36.8 Å². The second-order valence-electron chi connectivity index (χ2n) is 8.97. The van der Waals surface area contributed by atoms with Crippen LogP contribution in [0, 0.1) is 0 Å². The summed E-state index contributed by atoms with van der Waals surface area (Å²) in [4.78, 5) is 16.9. The van der Waals surface area contributed by atoms with Crippen LogP contribution in [0.1, 0.15) is 29.7 Å². The average Bonchev–Trinajstić information content (AvgIpc) is 3.60. The van der Waals surface area contributed by atoms with E-state index in [2.05, 4.69) is 49.4 Å². The normalized spacial score (nSPS) is 17.6. The lowest BCUT2D eigenvalue weighted by Crippen LogP contribution is -2.33. The fourth-order valence-corrected chi connectivity index (χ4v) is 6.42. The number of nitrogens with zero attached hydrogens (tertiary/aromatic N) is 4. The Hall–Kier alpha value is -2.47. The Morgan fingerprint density at radius 3 is 2.59 bits per heavy atom. The number of thiazole rings is 1. The molecule has 0 spiro atoms. The second kappa shape index (κ2) is 11.5. The molecule has 6 nitrogen and oxygen atoms in total. The van der Waals surface area contributed by atoms with E-state index >= 15 is 0 Å². The fraction of sp³-hybridized carbons (Fsp3) is 0.400. The van der Waals surface area contributed by atoms with Crippen molar-refractivity contribution >= 4 is 51.1 Å². The molecular formula is C25H27ClF3N5OS2. The van der Waals surface area contributed by atoms with Crippen molar-refractivity contribution in [2.75, 3.05) is 19.1 Å². The van der Waals surface area contributed by atoms with E-state index < -0.39 is 12.6 Å². The minimum absolute atomic E-state index is 0. The monoisotopic (exact) mass is 569 g/mol. The number of ether oxygens (including phenoxy) is 1. The van der Waals surface area contributed by atoms with Crippen LogP contribution in [0.5, 0.6) is 5.19 Å². The van der Waals surface area contributed by atoms with E-state index in [1.807, 2.05) is 13.2 Å². The van der Waals surface area contributed by atoms with E-state index in [1.54, 1.807) is 13.2 Å². The fourth-order valence-electron chi connectivity index (χ4n) is 4.66. The highest BCUT2D eigenvalue weighted by molar-refractivity contribution is 7.18. The largest absolute Gasteiger partial charge is 0.473 e. The number of fused-ring (bicyclic) bond motifs is 1. The maximum Gasteiger partial charge on any atom is 0.393 e. The number of hydrogen-bond donors (Lipinski definition) is 1. The number of methoxy groups -OCH3 is 1. The van der Waals surface area contributed by atoms with Gasteiger partial charge >= 0.3 is 6.18 Å². The van der Waals surface area contributed by atoms with Crippen molar-refractivity contribution in [1.82, 2.24) is 20.3 Å². The number of alkyl halides is 3. The van der Waals surface area contributed by atoms with Gasteiger partial charge in [0.25, 0.3) is 5.19 Å². The van der Waals surface area contributed by atoms with E-state index in [4.69, 9.17) is 4.74 Å². The number of halogens is 4. The van der Waals surface area contributed by atoms with Crippen LogP contribution in [0.25, 0.3) is 20.7 Å². The van der Waals surface area contributed by atoms with E-state index in [9.17, 15) is 13.2 Å². The zero-order chi connectivity index (χ0) is 25.3. The third-order valence-corrected chi connectivity index (χ3v) is 8.56. The number of benzene rings is 1. The van der Waals surface area contributed by atoms with Crippen LogP contribution in [0.15, 0.2) is 42.9 Å². The van der Waals surface area contributed by atoms with E-state index in [0.29, 0.717) is 27.3 Å². The van der Waals surface area contributed by atoms with Crippen LogP contribution >= 0.6 is 35.1 Å². The first-order chi connectivity index (χ1) is 17.3. The number of nitrogens with one attached hydrogen (secondary N) is 1. The average molecular weight is 570 g/mol. The lowest BCUT2D eigenvalue weighted by molar-refractivity contribution is -0.126. The molecule has 0 radical (unpaired) electrons. The van der Waals surface area contributed by atoms with Gasteiger partial charge in [0.15, 0.2) is 0 Å².